The van der Waals surface area contributed by atoms with E-state index in [0.717, 1.165) is 0 Å². The second-order valence-electron chi connectivity index (χ2n) is 12.2. The lowest BCUT2D eigenvalue weighted by atomic mass is 9.97. The zero-order valence-corrected chi connectivity index (χ0v) is 25.1. The van der Waals surface area contributed by atoms with Crippen molar-refractivity contribution in [3.8, 4) is 22.5 Å². The molecular formula is C44H28N2. The summed E-state index contributed by atoms with van der Waals surface area (Å²) in [4.78, 5) is 0. The van der Waals surface area contributed by atoms with Gasteiger partial charge in [0.05, 0.1) is 22.1 Å². The summed E-state index contributed by atoms with van der Waals surface area (Å²) in [6.07, 6.45) is 0. The van der Waals surface area contributed by atoms with Gasteiger partial charge in [-0.2, -0.15) is 0 Å². The lowest BCUT2D eigenvalue weighted by Gasteiger charge is -2.10. The van der Waals surface area contributed by atoms with Crippen LogP contribution in [-0.4, -0.2) is 9.13 Å². The van der Waals surface area contributed by atoms with Gasteiger partial charge in [-0.3, -0.25) is 0 Å². The van der Waals surface area contributed by atoms with E-state index >= 15 is 0 Å². The highest BCUT2D eigenvalue weighted by atomic mass is 15.0. The van der Waals surface area contributed by atoms with Crippen molar-refractivity contribution < 1.29 is 0 Å². The van der Waals surface area contributed by atoms with Crippen LogP contribution < -0.4 is 0 Å². The van der Waals surface area contributed by atoms with E-state index in [-0.39, 0.29) is 0 Å². The van der Waals surface area contributed by atoms with Crippen molar-refractivity contribution in [1.82, 2.24) is 9.13 Å². The van der Waals surface area contributed by atoms with Crippen molar-refractivity contribution in [2.45, 2.75) is 0 Å². The Kier molecular flexibility index (Phi) is 5.31. The van der Waals surface area contributed by atoms with Crippen molar-refractivity contribution in [1.29, 1.82) is 0 Å². The fraction of sp³-hybridized carbons (Fsp3) is 0. The Balaban J connectivity index is 1.26. The standard InChI is InChI=1S/C44H28N2/c1-3-12-33(13-4-1)45-39-18-10-9-17-36(39)44-38-27-31(20-19-30(38)23-26-41(44)45)32-21-24-37-42(28-32)46(34-14-5-2-6-15-34)40-25-22-29-11-7-8-16-35(29)43(37)40/h1-28H. The first-order valence-electron chi connectivity index (χ1n) is 15.9. The zero-order chi connectivity index (χ0) is 30.2. The predicted molar refractivity (Wildman–Crippen MR) is 196 cm³/mol. The molecule has 0 saturated heterocycles. The maximum Gasteiger partial charge on any atom is 0.0547 e. The molecule has 0 fully saturated rings. The van der Waals surface area contributed by atoms with Gasteiger partial charge in [-0.15, -0.1) is 0 Å². The zero-order valence-electron chi connectivity index (χ0n) is 25.1. The van der Waals surface area contributed by atoms with Crippen LogP contribution in [0.25, 0.3) is 87.7 Å². The van der Waals surface area contributed by atoms with Crippen LogP contribution in [0.5, 0.6) is 0 Å². The number of aromatic nitrogens is 2. The molecule has 10 rings (SSSR count). The summed E-state index contributed by atoms with van der Waals surface area (Å²) < 4.78 is 4.82. The number of hydrogen-bond donors (Lipinski definition) is 0. The minimum atomic E-state index is 1.17. The Labute approximate surface area is 266 Å². The average molecular weight is 585 g/mol. The number of fused-ring (bicyclic) bond motifs is 10. The number of para-hydroxylation sites is 3. The Hall–Kier alpha value is -6.12. The maximum absolute atomic E-state index is 2.42. The summed E-state index contributed by atoms with van der Waals surface area (Å²) in [5.74, 6) is 0. The quantitative estimate of drug-likeness (QED) is 0.195. The van der Waals surface area contributed by atoms with Gasteiger partial charge < -0.3 is 9.13 Å². The van der Waals surface area contributed by atoms with Crippen LogP contribution in [0.4, 0.5) is 0 Å². The molecule has 0 aliphatic heterocycles. The monoisotopic (exact) mass is 584 g/mol. The molecule has 0 saturated carbocycles. The molecule has 8 aromatic carbocycles. The van der Waals surface area contributed by atoms with Crippen molar-refractivity contribution in [3.05, 3.63) is 170 Å². The molecule has 214 valence electrons. The minimum Gasteiger partial charge on any atom is -0.309 e. The number of rotatable bonds is 3. The molecule has 2 nitrogen and oxygen atoms in total. The first-order valence-corrected chi connectivity index (χ1v) is 15.9. The van der Waals surface area contributed by atoms with Crippen LogP contribution in [0.1, 0.15) is 0 Å². The van der Waals surface area contributed by atoms with E-state index in [1.54, 1.807) is 0 Å². The number of hydrogen-bond acceptors (Lipinski definition) is 0. The van der Waals surface area contributed by atoms with E-state index in [0.29, 0.717) is 0 Å². The number of nitrogens with zero attached hydrogens (tertiary/aromatic N) is 2. The van der Waals surface area contributed by atoms with Crippen LogP contribution in [-0.2, 0) is 0 Å². The van der Waals surface area contributed by atoms with Crippen molar-refractivity contribution in [2.75, 3.05) is 0 Å². The fourth-order valence-electron chi connectivity index (χ4n) is 7.64. The van der Waals surface area contributed by atoms with Crippen molar-refractivity contribution >= 4 is 65.2 Å². The largest absolute Gasteiger partial charge is 0.309 e. The molecule has 0 aliphatic carbocycles. The molecule has 0 unspecified atom stereocenters. The molecule has 0 amide bonds. The van der Waals surface area contributed by atoms with Crippen LogP contribution in [0.3, 0.4) is 0 Å². The van der Waals surface area contributed by atoms with Gasteiger partial charge in [-0.25, -0.2) is 0 Å². The molecule has 2 heteroatoms. The second kappa shape index (κ2) is 9.69. The van der Waals surface area contributed by atoms with Crippen molar-refractivity contribution in [2.24, 2.45) is 0 Å². The van der Waals surface area contributed by atoms with Crippen LogP contribution in [0.15, 0.2) is 170 Å². The summed E-state index contributed by atoms with van der Waals surface area (Å²) in [6.45, 7) is 0. The minimum absolute atomic E-state index is 1.17. The molecule has 0 radical (unpaired) electrons. The lowest BCUT2D eigenvalue weighted by Crippen LogP contribution is -1.93. The Bertz CT molecular complexity index is 2780. The summed E-state index contributed by atoms with van der Waals surface area (Å²) in [7, 11) is 0. The van der Waals surface area contributed by atoms with E-state index < -0.39 is 0 Å². The van der Waals surface area contributed by atoms with Gasteiger partial charge in [0.2, 0.25) is 0 Å². The van der Waals surface area contributed by atoms with E-state index in [2.05, 4.69) is 179 Å². The fourth-order valence-corrected chi connectivity index (χ4v) is 7.64. The molecule has 2 heterocycles. The Morgan fingerprint density at radius 1 is 0.283 bits per heavy atom. The van der Waals surface area contributed by atoms with Gasteiger partial charge in [0.1, 0.15) is 0 Å². The second-order valence-corrected chi connectivity index (χ2v) is 12.2. The van der Waals surface area contributed by atoms with Gasteiger partial charge in [0.15, 0.2) is 0 Å². The van der Waals surface area contributed by atoms with Gasteiger partial charge in [0, 0.05) is 32.9 Å². The summed E-state index contributed by atoms with van der Waals surface area (Å²) in [5, 5.41) is 10.2. The third kappa shape index (κ3) is 3.59. The molecule has 0 N–H and O–H groups in total. The Morgan fingerprint density at radius 3 is 1.52 bits per heavy atom. The normalized spacial score (nSPS) is 11.9. The van der Waals surface area contributed by atoms with Gasteiger partial charge in [-0.05, 0) is 87.3 Å². The molecule has 0 bridgehead atoms. The highest BCUT2D eigenvalue weighted by Crippen LogP contribution is 2.41. The smallest absolute Gasteiger partial charge is 0.0547 e. The van der Waals surface area contributed by atoms with Crippen molar-refractivity contribution in [3.63, 3.8) is 0 Å². The molecule has 10 aromatic rings. The Morgan fingerprint density at radius 2 is 0.783 bits per heavy atom. The lowest BCUT2D eigenvalue weighted by molar-refractivity contribution is 1.18. The van der Waals surface area contributed by atoms with Crippen LogP contribution >= 0.6 is 0 Å². The summed E-state index contributed by atoms with van der Waals surface area (Å²) in [6, 6.07) is 62.0. The molecule has 0 spiro atoms. The van der Waals surface area contributed by atoms with E-state index in [9.17, 15) is 0 Å². The highest BCUT2D eigenvalue weighted by molar-refractivity contribution is 6.23. The first-order chi connectivity index (χ1) is 22.8. The third-order valence-corrected chi connectivity index (χ3v) is 9.67. The molecule has 0 atom stereocenters. The topological polar surface area (TPSA) is 9.86 Å². The van der Waals surface area contributed by atoms with Gasteiger partial charge in [0.25, 0.3) is 0 Å². The van der Waals surface area contributed by atoms with E-state index in [4.69, 9.17) is 0 Å². The maximum atomic E-state index is 2.42. The SMILES string of the molecule is c1ccc(-n2c3ccccc3c3c4cc(-c5ccc6c7c8ccccc8ccc7n(-c7ccccc7)c6c5)ccc4ccc32)cc1. The van der Waals surface area contributed by atoms with Gasteiger partial charge in [-0.1, -0.05) is 115 Å². The average Bonchev–Trinajstić information content (AvgIpc) is 3.65. The molecule has 0 aliphatic rings. The molecule has 2 aromatic heterocycles. The highest BCUT2D eigenvalue weighted by Gasteiger charge is 2.18. The first kappa shape index (κ1) is 25.2. The molecule has 46 heavy (non-hydrogen) atoms. The van der Waals surface area contributed by atoms with Gasteiger partial charge >= 0.3 is 0 Å². The predicted octanol–water partition coefficient (Wildman–Crippen LogP) is 11.9. The molecular weight excluding hydrogens is 556 g/mol. The third-order valence-electron chi connectivity index (χ3n) is 9.67. The van der Waals surface area contributed by atoms with Crippen LogP contribution in [0, 0.1) is 0 Å². The van der Waals surface area contributed by atoms with E-state index in [1.807, 2.05) is 0 Å². The summed E-state index contributed by atoms with van der Waals surface area (Å²) >= 11 is 0. The van der Waals surface area contributed by atoms with E-state index in [1.165, 1.54) is 87.7 Å². The number of benzene rings is 8. The summed E-state index contributed by atoms with van der Waals surface area (Å²) in [5.41, 5.74) is 9.67. The van der Waals surface area contributed by atoms with Crippen LogP contribution in [0.2, 0.25) is 0 Å².